The Labute approximate surface area is 125 Å². The summed E-state index contributed by atoms with van der Waals surface area (Å²) in [4.78, 5) is 0. The largest absolute Gasteiger partial charge is 0.335 e. The second-order valence-corrected chi connectivity index (χ2v) is 9.01. The number of hydrogen-bond donors (Lipinski definition) is 2. The highest BCUT2D eigenvalue weighted by molar-refractivity contribution is 7.71. The fourth-order valence-electron chi connectivity index (χ4n) is 6.68. The van der Waals surface area contributed by atoms with Crippen LogP contribution in [0.2, 0.25) is 0 Å². The lowest BCUT2D eigenvalue weighted by Crippen LogP contribution is -2.55. The van der Waals surface area contributed by atoms with E-state index in [0.29, 0.717) is 21.0 Å². The van der Waals surface area contributed by atoms with Crippen LogP contribution in [-0.2, 0) is 6.42 Å². The van der Waals surface area contributed by atoms with Crippen LogP contribution in [0.15, 0.2) is 0 Å². The van der Waals surface area contributed by atoms with Gasteiger partial charge in [-0.05, 0) is 72.9 Å². The highest BCUT2D eigenvalue weighted by Crippen LogP contribution is 2.70. The topological polar surface area (TPSA) is 59.6 Å². The van der Waals surface area contributed by atoms with Crippen LogP contribution in [-0.4, -0.2) is 14.9 Å². The predicted octanol–water partition coefficient (Wildman–Crippen LogP) is 3.19. The summed E-state index contributed by atoms with van der Waals surface area (Å²) in [5.74, 6) is 7.86. The molecule has 0 amide bonds. The molecule has 20 heavy (non-hydrogen) atoms. The van der Waals surface area contributed by atoms with Crippen LogP contribution >= 0.6 is 12.2 Å². The Bertz CT molecular complexity index is 598. The lowest BCUT2D eigenvalue weighted by Gasteiger charge is -2.65. The van der Waals surface area contributed by atoms with Gasteiger partial charge in [0.25, 0.3) is 0 Å². The van der Waals surface area contributed by atoms with E-state index in [1.165, 1.54) is 38.5 Å². The van der Waals surface area contributed by atoms with Gasteiger partial charge in [0.05, 0.1) is 0 Å². The van der Waals surface area contributed by atoms with E-state index in [4.69, 9.17) is 18.1 Å². The van der Waals surface area contributed by atoms with Gasteiger partial charge < -0.3 is 5.84 Å². The molecular weight excluding hydrogens is 268 g/mol. The number of nitrogens with zero attached hydrogens (tertiary/aromatic N) is 2. The van der Waals surface area contributed by atoms with Crippen molar-refractivity contribution in [3.05, 3.63) is 10.6 Å². The number of hydrogen-bond acceptors (Lipinski definition) is 3. The third-order valence-electron chi connectivity index (χ3n) is 6.05. The van der Waals surface area contributed by atoms with Gasteiger partial charge >= 0.3 is 0 Å². The summed E-state index contributed by atoms with van der Waals surface area (Å²) in [7, 11) is 0. The number of rotatable bonds is 2. The Morgan fingerprint density at radius 1 is 1.25 bits per heavy atom. The summed E-state index contributed by atoms with van der Waals surface area (Å²) >= 11 is 5.15. The molecule has 4 bridgehead atoms. The summed E-state index contributed by atoms with van der Waals surface area (Å²) in [6.07, 6.45) is 9.29. The van der Waals surface area contributed by atoms with E-state index in [0.717, 1.165) is 18.2 Å². The van der Waals surface area contributed by atoms with Gasteiger partial charge in [0.1, 0.15) is 0 Å². The molecule has 110 valence electrons. The number of nitrogen functional groups attached to an aromatic ring is 1. The van der Waals surface area contributed by atoms with Crippen LogP contribution in [0.5, 0.6) is 0 Å². The molecular formula is C15H24N4S. The van der Waals surface area contributed by atoms with Gasteiger partial charge in [-0.3, -0.25) is 5.10 Å². The molecule has 0 aliphatic heterocycles. The zero-order valence-electron chi connectivity index (χ0n) is 12.4. The average Bonchev–Trinajstić information content (AvgIpc) is 2.55. The molecule has 1 aromatic heterocycles. The molecule has 2 unspecified atom stereocenters. The van der Waals surface area contributed by atoms with Gasteiger partial charge in [0.2, 0.25) is 4.77 Å². The summed E-state index contributed by atoms with van der Waals surface area (Å²) in [5.41, 5.74) is 1.49. The maximum atomic E-state index is 6.02. The van der Waals surface area contributed by atoms with Crippen LogP contribution in [0.1, 0.15) is 58.2 Å². The number of H-pyrrole nitrogens is 1. The number of aromatic nitrogens is 3. The van der Waals surface area contributed by atoms with Crippen molar-refractivity contribution in [3.8, 4) is 0 Å². The molecule has 4 saturated carbocycles. The predicted molar refractivity (Wildman–Crippen MR) is 81.1 cm³/mol. The zero-order valence-corrected chi connectivity index (χ0v) is 13.2. The quantitative estimate of drug-likeness (QED) is 0.650. The lowest BCUT2D eigenvalue weighted by molar-refractivity contribution is -0.145. The highest BCUT2D eigenvalue weighted by atomic mass is 32.1. The minimum atomic E-state index is 0.404. The Kier molecular flexibility index (Phi) is 2.36. The fraction of sp³-hybridized carbons (Fsp3) is 0.867. The SMILES string of the molecule is CC12CC3CC(C)(C1)CC(Cc1n[nH]c(=S)n1N)(C3)C2. The van der Waals surface area contributed by atoms with E-state index in [2.05, 4.69) is 24.0 Å². The maximum Gasteiger partial charge on any atom is 0.214 e. The van der Waals surface area contributed by atoms with E-state index >= 15 is 0 Å². The van der Waals surface area contributed by atoms with Gasteiger partial charge in [-0.2, -0.15) is 5.10 Å². The second-order valence-electron chi connectivity index (χ2n) is 8.62. The van der Waals surface area contributed by atoms with Crippen LogP contribution in [0.3, 0.4) is 0 Å². The molecule has 1 aromatic rings. The van der Waals surface area contributed by atoms with E-state index < -0.39 is 0 Å². The molecule has 4 nitrogen and oxygen atoms in total. The summed E-state index contributed by atoms with van der Waals surface area (Å²) in [6, 6.07) is 0. The van der Waals surface area contributed by atoms with Crippen molar-refractivity contribution >= 4 is 12.2 Å². The number of nitrogens with one attached hydrogen (secondary N) is 1. The normalized spacial score (nSPS) is 46.0. The van der Waals surface area contributed by atoms with E-state index in [1.54, 1.807) is 4.68 Å². The second kappa shape index (κ2) is 3.67. The van der Waals surface area contributed by atoms with Gasteiger partial charge in [-0.25, -0.2) is 4.68 Å². The molecule has 0 spiro atoms. The molecule has 1 heterocycles. The van der Waals surface area contributed by atoms with Crippen molar-refractivity contribution in [2.24, 2.45) is 22.2 Å². The smallest absolute Gasteiger partial charge is 0.214 e. The average molecular weight is 292 g/mol. The first-order valence-electron chi connectivity index (χ1n) is 7.72. The first-order valence-corrected chi connectivity index (χ1v) is 8.13. The molecule has 5 heteroatoms. The van der Waals surface area contributed by atoms with E-state index in [9.17, 15) is 0 Å². The summed E-state index contributed by atoms with van der Waals surface area (Å²) < 4.78 is 2.10. The van der Waals surface area contributed by atoms with Crippen molar-refractivity contribution in [2.75, 3.05) is 5.84 Å². The summed E-state index contributed by atoms with van der Waals surface area (Å²) in [6.45, 7) is 5.01. The lowest BCUT2D eigenvalue weighted by atomic mass is 9.40. The van der Waals surface area contributed by atoms with Crippen LogP contribution in [0.4, 0.5) is 0 Å². The molecule has 2 atom stereocenters. The third-order valence-corrected chi connectivity index (χ3v) is 6.34. The van der Waals surface area contributed by atoms with Crippen molar-refractivity contribution in [2.45, 2.75) is 58.8 Å². The Morgan fingerprint density at radius 2 is 1.90 bits per heavy atom. The number of nitrogens with two attached hydrogens (primary N) is 1. The van der Waals surface area contributed by atoms with Crippen molar-refractivity contribution in [1.82, 2.24) is 14.9 Å². The van der Waals surface area contributed by atoms with Crippen LogP contribution in [0.25, 0.3) is 0 Å². The molecule has 5 rings (SSSR count). The first-order chi connectivity index (χ1) is 9.31. The Hall–Kier alpha value is -0.840. The van der Waals surface area contributed by atoms with Crippen molar-refractivity contribution in [3.63, 3.8) is 0 Å². The fourth-order valence-corrected chi connectivity index (χ4v) is 6.83. The Morgan fingerprint density at radius 3 is 2.40 bits per heavy atom. The first kappa shape index (κ1) is 12.9. The monoisotopic (exact) mass is 292 g/mol. The molecule has 4 fully saturated rings. The Balaban J connectivity index is 1.70. The van der Waals surface area contributed by atoms with E-state index in [-0.39, 0.29) is 0 Å². The van der Waals surface area contributed by atoms with Gasteiger partial charge in [0.15, 0.2) is 5.82 Å². The van der Waals surface area contributed by atoms with Gasteiger partial charge in [-0.15, -0.1) is 0 Å². The molecule has 0 saturated heterocycles. The number of aromatic amines is 1. The van der Waals surface area contributed by atoms with Crippen LogP contribution in [0, 0.1) is 26.9 Å². The van der Waals surface area contributed by atoms with Gasteiger partial charge in [-0.1, -0.05) is 13.8 Å². The summed E-state index contributed by atoms with van der Waals surface area (Å²) in [5, 5.41) is 7.19. The zero-order chi connectivity index (χ0) is 14.2. The standard InChI is InChI=1S/C15H24N4S/c1-13-3-10-4-14(2,7-13)9-15(5-10,8-13)6-11-17-18-12(20)19(11)16/h10H,3-9,16H2,1-2H3,(H,18,20). The minimum absolute atomic E-state index is 0.404. The van der Waals surface area contributed by atoms with Gasteiger partial charge in [0, 0.05) is 6.42 Å². The van der Waals surface area contributed by atoms with Crippen molar-refractivity contribution < 1.29 is 0 Å². The molecule has 0 aromatic carbocycles. The van der Waals surface area contributed by atoms with E-state index in [1.807, 2.05) is 0 Å². The third kappa shape index (κ3) is 1.78. The van der Waals surface area contributed by atoms with Crippen molar-refractivity contribution in [1.29, 1.82) is 0 Å². The highest BCUT2D eigenvalue weighted by Gasteiger charge is 2.60. The van der Waals surface area contributed by atoms with Crippen LogP contribution < -0.4 is 5.84 Å². The molecule has 4 aliphatic rings. The minimum Gasteiger partial charge on any atom is -0.335 e. The molecule has 3 N–H and O–H groups in total. The maximum absolute atomic E-state index is 6.02. The molecule has 0 radical (unpaired) electrons. The molecule has 4 aliphatic carbocycles.